The molecule has 0 bridgehead atoms. The van der Waals surface area contributed by atoms with Crippen LogP contribution in [0.2, 0.25) is 0 Å². The molecule has 0 radical (unpaired) electrons. The van der Waals surface area contributed by atoms with Crippen molar-refractivity contribution in [3.8, 4) is 5.75 Å². The fourth-order valence-corrected chi connectivity index (χ4v) is 4.18. The molecule has 1 aliphatic rings. The lowest BCUT2D eigenvalue weighted by molar-refractivity contribution is -0.116. The second-order valence-corrected chi connectivity index (χ2v) is 7.81. The normalized spacial score (nSPS) is 13.9. The third-order valence-electron chi connectivity index (χ3n) is 5.68. The van der Waals surface area contributed by atoms with E-state index in [2.05, 4.69) is 16.4 Å². The molecule has 0 atom stereocenters. The highest BCUT2D eigenvalue weighted by Crippen LogP contribution is 2.41. The summed E-state index contributed by atoms with van der Waals surface area (Å²) in [6, 6.07) is 5.94. The van der Waals surface area contributed by atoms with Crippen LogP contribution in [0.4, 0.5) is 0 Å². The van der Waals surface area contributed by atoms with E-state index in [9.17, 15) is 4.79 Å². The second-order valence-electron chi connectivity index (χ2n) is 7.81. The smallest absolute Gasteiger partial charge is 0.244 e. The molecule has 0 aliphatic heterocycles. The molecule has 1 amide bonds. The zero-order valence-corrected chi connectivity index (χ0v) is 17.9. The first-order chi connectivity index (χ1) is 14.6. The SMILES string of the molecule is CCOc1c(/C(C)=C/C(=O)NCc2cccnc2)cc2c3c(oc2c1C)CCCC3. The fraction of sp³-hybridized carbons (Fsp3) is 0.360. The zero-order valence-electron chi connectivity index (χ0n) is 17.9. The number of benzene rings is 1. The number of aryl methyl sites for hydroxylation is 3. The maximum absolute atomic E-state index is 12.5. The molecule has 0 spiro atoms. The molecule has 0 unspecified atom stereocenters. The largest absolute Gasteiger partial charge is 0.493 e. The number of nitrogens with zero attached hydrogens (tertiary/aromatic N) is 1. The lowest BCUT2D eigenvalue weighted by atomic mass is 9.93. The molecule has 5 heteroatoms. The standard InChI is InChI=1S/C25H28N2O3/c1-4-29-24-17(3)25-21(19-9-5-6-10-22(19)30-25)13-20(24)16(2)12-23(28)27-15-18-8-7-11-26-14-18/h7-8,11-14H,4-6,9-10,15H2,1-3H3,(H,27,28)/b16-12+. The number of allylic oxidation sites excluding steroid dienone is 1. The van der Waals surface area contributed by atoms with Gasteiger partial charge in [0.1, 0.15) is 17.1 Å². The first-order valence-corrected chi connectivity index (χ1v) is 10.6. The van der Waals surface area contributed by atoms with Gasteiger partial charge in [-0.1, -0.05) is 6.07 Å². The number of carbonyl (C=O) groups is 1. The van der Waals surface area contributed by atoms with Crippen LogP contribution in [-0.2, 0) is 24.2 Å². The summed E-state index contributed by atoms with van der Waals surface area (Å²) >= 11 is 0. The number of furan rings is 1. The van der Waals surface area contributed by atoms with Crippen LogP contribution in [0.5, 0.6) is 5.75 Å². The van der Waals surface area contributed by atoms with Gasteiger partial charge in [0.25, 0.3) is 0 Å². The quantitative estimate of drug-likeness (QED) is 0.578. The number of pyridine rings is 1. The molecule has 1 aromatic carbocycles. The molecule has 2 aromatic heterocycles. The predicted molar refractivity (Wildman–Crippen MR) is 118 cm³/mol. The molecule has 0 saturated heterocycles. The topological polar surface area (TPSA) is 64.4 Å². The van der Waals surface area contributed by atoms with Crippen molar-refractivity contribution in [1.29, 1.82) is 0 Å². The molecule has 156 valence electrons. The molecule has 0 fully saturated rings. The van der Waals surface area contributed by atoms with E-state index >= 15 is 0 Å². The molecular formula is C25H28N2O3. The van der Waals surface area contributed by atoms with Crippen LogP contribution in [0, 0.1) is 6.92 Å². The van der Waals surface area contributed by atoms with E-state index in [-0.39, 0.29) is 5.91 Å². The minimum atomic E-state index is -0.134. The van der Waals surface area contributed by atoms with Gasteiger partial charge in [-0.05, 0) is 63.3 Å². The minimum absolute atomic E-state index is 0.134. The summed E-state index contributed by atoms with van der Waals surface area (Å²) in [6.45, 7) is 6.98. The molecule has 3 aromatic rings. The lowest BCUT2D eigenvalue weighted by Gasteiger charge is -2.15. The monoisotopic (exact) mass is 404 g/mol. The van der Waals surface area contributed by atoms with Gasteiger partial charge in [0, 0.05) is 53.5 Å². The van der Waals surface area contributed by atoms with Crippen molar-refractivity contribution in [3.63, 3.8) is 0 Å². The second kappa shape index (κ2) is 8.74. The molecule has 2 heterocycles. The number of aromatic nitrogens is 1. The number of fused-ring (bicyclic) bond motifs is 3. The van der Waals surface area contributed by atoms with E-state index in [1.165, 1.54) is 18.4 Å². The third kappa shape index (κ3) is 3.97. The van der Waals surface area contributed by atoms with Crippen molar-refractivity contribution in [2.45, 2.75) is 53.0 Å². The predicted octanol–water partition coefficient (Wildman–Crippen LogP) is 5.13. The summed E-state index contributed by atoms with van der Waals surface area (Å²) in [6.07, 6.45) is 9.52. The van der Waals surface area contributed by atoms with Gasteiger partial charge in [-0.15, -0.1) is 0 Å². The number of rotatable bonds is 6. The Balaban J connectivity index is 1.68. The molecule has 1 N–H and O–H groups in total. The summed E-state index contributed by atoms with van der Waals surface area (Å²) in [5, 5.41) is 4.09. The molecule has 30 heavy (non-hydrogen) atoms. The van der Waals surface area contributed by atoms with Gasteiger partial charge in [-0.2, -0.15) is 0 Å². The highest BCUT2D eigenvalue weighted by atomic mass is 16.5. The molecule has 0 saturated carbocycles. The number of ether oxygens (including phenoxy) is 1. The lowest BCUT2D eigenvalue weighted by Crippen LogP contribution is -2.20. The van der Waals surface area contributed by atoms with Crippen LogP contribution < -0.4 is 10.1 Å². The Morgan fingerprint density at radius 3 is 2.93 bits per heavy atom. The van der Waals surface area contributed by atoms with Crippen molar-refractivity contribution in [2.75, 3.05) is 6.61 Å². The zero-order chi connectivity index (χ0) is 21.1. The van der Waals surface area contributed by atoms with Crippen molar-refractivity contribution >= 4 is 22.4 Å². The van der Waals surface area contributed by atoms with Crippen LogP contribution in [0.3, 0.4) is 0 Å². The van der Waals surface area contributed by atoms with Gasteiger partial charge in [0.05, 0.1) is 6.61 Å². The van der Waals surface area contributed by atoms with E-state index in [1.54, 1.807) is 18.5 Å². The van der Waals surface area contributed by atoms with Crippen LogP contribution in [0.25, 0.3) is 16.5 Å². The highest BCUT2D eigenvalue weighted by molar-refractivity contribution is 5.98. The number of nitrogens with one attached hydrogen (secondary N) is 1. The highest BCUT2D eigenvalue weighted by Gasteiger charge is 2.23. The molecular weight excluding hydrogens is 376 g/mol. The first-order valence-electron chi connectivity index (χ1n) is 10.6. The van der Waals surface area contributed by atoms with Crippen LogP contribution in [-0.4, -0.2) is 17.5 Å². The third-order valence-corrected chi connectivity index (χ3v) is 5.68. The summed E-state index contributed by atoms with van der Waals surface area (Å²) in [5.74, 6) is 1.77. The van der Waals surface area contributed by atoms with Crippen molar-refractivity contribution < 1.29 is 13.9 Å². The maximum atomic E-state index is 12.5. The van der Waals surface area contributed by atoms with Gasteiger partial charge < -0.3 is 14.5 Å². The summed E-state index contributed by atoms with van der Waals surface area (Å²) in [7, 11) is 0. The average Bonchev–Trinajstić information content (AvgIpc) is 3.14. The summed E-state index contributed by atoms with van der Waals surface area (Å²) < 4.78 is 12.2. The molecule has 1 aliphatic carbocycles. The Morgan fingerprint density at radius 2 is 2.17 bits per heavy atom. The molecule has 4 rings (SSSR count). The van der Waals surface area contributed by atoms with Gasteiger partial charge >= 0.3 is 0 Å². The fourth-order valence-electron chi connectivity index (χ4n) is 4.18. The summed E-state index contributed by atoms with van der Waals surface area (Å²) in [4.78, 5) is 16.6. The Bertz CT molecular complexity index is 1100. The van der Waals surface area contributed by atoms with E-state index in [4.69, 9.17) is 9.15 Å². The molecule has 5 nitrogen and oxygen atoms in total. The Morgan fingerprint density at radius 1 is 1.33 bits per heavy atom. The van der Waals surface area contributed by atoms with Crippen LogP contribution >= 0.6 is 0 Å². The van der Waals surface area contributed by atoms with E-state index in [0.29, 0.717) is 13.2 Å². The maximum Gasteiger partial charge on any atom is 0.244 e. The number of amides is 1. The van der Waals surface area contributed by atoms with Crippen molar-refractivity contribution in [1.82, 2.24) is 10.3 Å². The average molecular weight is 405 g/mol. The van der Waals surface area contributed by atoms with Crippen molar-refractivity contribution in [2.24, 2.45) is 0 Å². The van der Waals surface area contributed by atoms with Crippen molar-refractivity contribution in [3.05, 3.63) is 64.7 Å². The Labute approximate surface area is 177 Å². The van der Waals surface area contributed by atoms with E-state index in [0.717, 1.165) is 57.6 Å². The Kier molecular flexibility index (Phi) is 5.88. The van der Waals surface area contributed by atoms with E-state index in [1.807, 2.05) is 32.9 Å². The van der Waals surface area contributed by atoms with Crippen LogP contribution in [0.15, 0.2) is 41.1 Å². The van der Waals surface area contributed by atoms with Crippen LogP contribution in [0.1, 0.15) is 54.7 Å². The van der Waals surface area contributed by atoms with Gasteiger partial charge in [0.2, 0.25) is 5.91 Å². The number of carbonyl (C=O) groups excluding carboxylic acids is 1. The number of hydrogen-bond acceptors (Lipinski definition) is 4. The van der Waals surface area contributed by atoms with Gasteiger partial charge in [-0.3, -0.25) is 9.78 Å². The van der Waals surface area contributed by atoms with E-state index < -0.39 is 0 Å². The minimum Gasteiger partial charge on any atom is -0.493 e. The van der Waals surface area contributed by atoms with Gasteiger partial charge in [0.15, 0.2) is 0 Å². The summed E-state index contributed by atoms with van der Waals surface area (Å²) in [5.41, 5.74) is 6.03. The Hall–Kier alpha value is -3.08. The van der Waals surface area contributed by atoms with Gasteiger partial charge in [-0.25, -0.2) is 0 Å². The first kappa shape index (κ1) is 20.2. The number of hydrogen-bond donors (Lipinski definition) is 1.